The molecule has 3 aliphatic rings. The molecule has 45 heavy (non-hydrogen) atoms. The molecule has 4 nitrogen and oxygen atoms in total. The van der Waals surface area contributed by atoms with Crippen LogP contribution in [-0.4, -0.2) is 48.6 Å². The molecule has 3 aromatic carbocycles. The van der Waals surface area contributed by atoms with Crippen LogP contribution in [0.1, 0.15) is 64.4 Å². The molecule has 1 amide bonds. The van der Waals surface area contributed by atoms with Gasteiger partial charge in [0.2, 0.25) is 0 Å². The highest BCUT2D eigenvalue weighted by Gasteiger charge is 2.48. The highest BCUT2D eigenvalue weighted by molar-refractivity contribution is 5.95. The molecule has 11 heteroatoms. The number of alkyl halides is 6. The van der Waals surface area contributed by atoms with Crippen LogP contribution in [0.15, 0.2) is 66.7 Å². The van der Waals surface area contributed by atoms with Gasteiger partial charge in [0.1, 0.15) is 18.1 Å². The van der Waals surface area contributed by atoms with Crippen molar-refractivity contribution >= 4 is 5.91 Å². The first-order valence-electron chi connectivity index (χ1n) is 15.0. The monoisotopic (exact) mass is 634 g/mol. The van der Waals surface area contributed by atoms with Gasteiger partial charge in [-0.2, -0.15) is 26.3 Å². The molecule has 0 saturated carbocycles. The summed E-state index contributed by atoms with van der Waals surface area (Å²) in [6, 6.07) is 15.1. The normalized spacial score (nSPS) is 23.5. The quantitative estimate of drug-likeness (QED) is 0.269. The maximum Gasteiger partial charge on any atom is 0.416 e. The van der Waals surface area contributed by atoms with Crippen LogP contribution in [0, 0.1) is 11.7 Å². The second-order valence-corrected chi connectivity index (χ2v) is 12.6. The molecule has 2 saturated heterocycles. The number of halogens is 7. The van der Waals surface area contributed by atoms with E-state index < -0.39 is 46.4 Å². The summed E-state index contributed by atoms with van der Waals surface area (Å²) >= 11 is 0. The van der Waals surface area contributed by atoms with Gasteiger partial charge in [0.05, 0.1) is 17.7 Å². The minimum absolute atomic E-state index is 0.00621. The van der Waals surface area contributed by atoms with Crippen molar-refractivity contribution in [3.63, 3.8) is 0 Å². The van der Waals surface area contributed by atoms with Crippen LogP contribution in [0.3, 0.4) is 0 Å². The first-order valence-corrected chi connectivity index (χ1v) is 15.0. The average Bonchev–Trinajstić information content (AvgIpc) is 3.56. The molecule has 6 rings (SSSR count). The topological polar surface area (TPSA) is 32.8 Å². The van der Waals surface area contributed by atoms with Crippen LogP contribution in [0.25, 0.3) is 0 Å². The summed E-state index contributed by atoms with van der Waals surface area (Å²) < 4.78 is 101. The Balaban J connectivity index is 1.21. The standard InChI is InChI=1S/C34H33F7N2O2/c1-22-16-23-4-2-3-5-29(23)31(22)10-13-42(14-11-31)15-12-32(25-6-8-28(35)9-7-25)20-43(21-45-32)30(44)24-17-26(33(36,37)38)19-27(18-24)34(39,40)41/h2-9,17-19,22H,10-16,20-21H2,1H3/t22-,32-/m0/s1. The Morgan fingerprint density at radius 2 is 1.53 bits per heavy atom. The maximum absolute atomic E-state index is 13.9. The van der Waals surface area contributed by atoms with Crippen molar-refractivity contribution in [1.82, 2.24) is 9.80 Å². The van der Waals surface area contributed by atoms with Gasteiger partial charge in [0.15, 0.2) is 0 Å². The fourth-order valence-corrected chi connectivity index (χ4v) is 7.47. The van der Waals surface area contributed by atoms with Crippen LogP contribution in [0.4, 0.5) is 30.7 Å². The van der Waals surface area contributed by atoms with Gasteiger partial charge in [-0.05, 0) is 91.7 Å². The summed E-state index contributed by atoms with van der Waals surface area (Å²) in [6.45, 7) is 4.10. The van der Waals surface area contributed by atoms with E-state index >= 15 is 0 Å². The molecule has 0 bridgehead atoms. The second-order valence-electron chi connectivity index (χ2n) is 12.6. The fourth-order valence-electron chi connectivity index (χ4n) is 7.47. The number of rotatable bonds is 5. The van der Waals surface area contributed by atoms with Gasteiger partial charge < -0.3 is 14.5 Å². The Morgan fingerprint density at radius 3 is 2.16 bits per heavy atom. The number of likely N-dealkylation sites (tertiary alicyclic amines) is 1. The molecule has 0 N–H and O–H groups in total. The molecule has 1 spiro atoms. The van der Waals surface area contributed by atoms with Gasteiger partial charge in [-0.1, -0.05) is 43.3 Å². The molecule has 2 heterocycles. The Labute approximate surface area is 256 Å². The number of amides is 1. The van der Waals surface area contributed by atoms with Crippen LogP contribution >= 0.6 is 0 Å². The van der Waals surface area contributed by atoms with Crippen molar-refractivity contribution in [2.24, 2.45) is 5.92 Å². The van der Waals surface area contributed by atoms with Crippen LogP contribution in [0.2, 0.25) is 0 Å². The van der Waals surface area contributed by atoms with Crippen molar-refractivity contribution in [2.75, 3.05) is 32.9 Å². The second kappa shape index (κ2) is 11.4. The Morgan fingerprint density at radius 1 is 0.911 bits per heavy atom. The summed E-state index contributed by atoms with van der Waals surface area (Å²) in [7, 11) is 0. The zero-order chi connectivity index (χ0) is 32.2. The Bertz CT molecular complexity index is 1530. The van der Waals surface area contributed by atoms with Crippen molar-refractivity contribution in [1.29, 1.82) is 0 Å². The van der Waals surface area contributed by atoms with E-state index in [0.29, 0.717) is 36.6 Å². The number of ether oxygens (including phenoxy) is 1. The molecule has 0 radical (unpaired) electrons. The molecule has 0 aromatic heterocycles. The van der Waals surface area contributed by atoms with E-state index in [1.807, 2.05) is 0 Å². The Kier molecular flexibility index (Phi) is 8.00. The molecular formula is C34H33F7N2O2. The minimum Gasteiger partial charge on any atom is -0.348 e. The number of hydrogen-bond acceptors (Lipinski definition) is 3. The molecule has 0 unspecified atom stereocenters. The number of carbonyl (C=O) groups excluding carboxylic acids is 1. The van der Waals surface area contributed by atoms with Crippen molar-refractivity contribution in [2.45, 2.75) is 56.0 Å². The maximum atomic E-state index is 13.9. The van der Waals surface area contributed by atoms with Gasteiger partial charge in [0, 0.05) is 17.5 Å². The fraction of sp³-hybridized carbons (Fsp3) is 0.441. The largest absolute Gasteiger partial charge is 0.416 e. The lowest BCUT2D eigenvalue weighted by molar-refractivity contribution is -0.143. The zero-order valence-corrected chi connectivity index (χ0v) is 24.6. The molecule has 2 atom stereocenters. The van der Waals surface area contributed by atoms with Gasteiger partial charge in [-0.25, -0.2) is 4.39 Å². The lowest BCUT2D eigenvalue weighted by atomic mass is 9.68. The summed E-state index contributed by atoms with van der Waals surface area (Å²) in [6.07, 6.45) is -6.76. The number of piperidine rings is 1. The zero-order valence-electron chi connectivity index (χ0n) is 24.6. The van der Waals surface area contributed by atoms with E-state index in [4.69, 9.17) is 4.74 Å². The summed E-state index contributed by atoms with van der Waals surface area (Å²) in [5, 5.41) is 0. The third-order valence-electron chi connectivity index (χ3n) is 10.0. The predicted molar refractivity (Wildman–Crippen MR) is 153 cm³/mol. The summed E-state index contributed by atoms with van der Waals surface area (Å²) in [5.41, 5.74) is -1.46. The molecule has 3 aromatic rings. The highest BCUT2D eigenvalue weighted by Crippen LogP contribution is 2.50. The SMILES string of the molecule is C[C@H]1Cc2ccccc2C12CCN(CC[C@@]1(c3ccc(F)cc3)CN(C(=O)c3cc(C(F)(F)F)cc(C(F)(F)F)c3)CO1)CC2. The van der Waals surface area contributed by atoms with Crippen LogP contribution < -0.4 is 0 Å². The minimum atomic E-state index is -5.08. The third-order valence-corrected chi connectivity index (χ3v) is 10.0. The van der Waals surface area contributed by atoms with Gasteiger partial charge in [-0.3, -0.25) is 4.79 Å². The Hall–Kier alpha value is -3.44. The molecular weight excluding hydrogens is 601 g/mol. The molecule has 2 aliphatic heterocycles. The highest BCUT2D eigenvalue weighted by atomic mass is 19.4. The van der Waals surface area contributed by atoms with Crippen LogP contribution in [-0.2, 0) is 34.5 Å². The first-order chi connectivity index (χ1) is 21.2. The van der Waals surface area contributed by atoms with E-state index in [1.165, 1.54) is 35.4 Å². The first kappa shape index (κ1) is 31.5. The molecule has 1 aliphatic carbocycles. The van der Waals surface area contributed by atoms with E-state index in [0.717, 1.165) is 37.3 Å². The van der Waals surface area contributed by atoms with Crippen molar-refractivity contribution < 1.29 is 40.3 Å². The van der Waals surface area contributed by atoms with E-state index in [2.05, 4.69) is 36.1 Å². The smallest absolute Gasteiger partial charge is 0.348 e. The lowest BCUT2D eigenvalue weighted by Gasteiger charge is -2.44. The summed E-state index contributed by atoms with van der Waals surface area (Å²) in [5.74, 6) is -0.964. The van der Waals surface area contributed by atoms with Crippen molar-refractivity contribution in [3.05, 3.63) is 106 Å². The molecule has 240 valence electrons. The number of fused-ring (bicyclic) bond motifs is 2. The van der Waals surface area contributed by atoms with E-state index in [1.54, 1.807) is 0 Å². The molecule has 2 fully saturated rings. The predicted octanol–water partition coefficient (Wildman–Crippen LogP) is 7.80. The third kappa shape index (κ3) is 5.96. The number of hydrogen-bond donors (Lipinski definition) is 0. The van der Waals surface area contributed by atoms with Gasteiger partial charge >= 0.3 is 12.4 Å². The van der Waals surface area contributed by atoms with Gasteiger partial charge in [-0.15, -0.1) is 0 Å². The number of nitrogens with zero attached hydrogens (tertiary/aromatic N) is 2. The van der Waals surface area contributed by atoms with Crippen molar-refractivity contribution in [3.8, 4) is 0 Å². The number of benzene rings is 3. The van der Waals surface area contributed by atoms with Gasteiger partial charge in [0.25, 0.3) is 5.91 Å². The average molecular weight is 635 g/mol. The van der Waals surface area contributed by atoms with E-state index in [9.17, 15) is 35.5 Å². The lowest BCUT2D eigenvalue weighted by Crippen LogP contribution is -2.46. The summed E-state index contributed by atoms with van der Waals surface area (Å²) in [4.78, 5) is 16.8. The number of carbonyl (C=O) groups is 1. The van der Waals surface area contributed by atoms with Crippen LogP contribution in [0.5, 0.6) is 0 Å². The van der Waals surface area contributed by atoms with E-state index in [-0.39, 0.29) is 24.8 Å².